The van der Waals surface area contributed by atoms with E-state index >= 15 is 0 Å². The van der Waals surface area contributed by atoms with Crippen LogP contribution in [0.5, 0.6) is 0 Å². The minimum absolute atomic E-state index is 0.0333. The van der Waals surface area contributed by atoms with Gasteiger partial charge in [0.05, 0.1) is 16.4 Å². The molecule has 2 aromatic carbocycles. The van der Waals surface area contributed by atoms with Crippen molar-refractivity contribution in [3.63, 3.8) is 0 Å². The van der Waals surface area contributed by atoms with Crippen molar-refractivity contribution in [1.82, 2.24) is 16.2 Å². The SMILES string of the molecule is CCNC(=O)NNc1cc(C2=CC(c3cc(Cl)cc(Cl)c3)(C(F)(F)F)ON2)ccc1Cl. The molecule has 1 atom stereocenters. The number of hydrazine groups is 1. The Morgan fingerprint density at radius 1 is 1.13 bits per heavy atom. The zero-order chi connectivity index (χ0) is 22.8. The van der Waals surface area contributed by atoms with Crippen molar-refractivity contribution >= 4 is 52.2 Å². The summed E-state index contributed by atoms with van der Waals surface area (Å²) >= 11 is 17.9. The van der Waals surface area contributed by atoms with Gasteiger partial charge in [0.15, 0.2) is 0 Å². The van der Waals surface area contributed by atoms with Crippen molar-refractivity contribution in [2.75, 3.05) is 12.0 Å². The summed E-state index contributed by atoms with van der Waals surface area (Å²) in [5.74, 6) is 0. The number of hydrogen-bond acceptors (Lipinski definition) is 4. The molecule has 1 aliphatic rings. The number of rotatable bonds is 5. The minimum Gasteiger partial charge on any atom is -0.337 e. The van der Waals surface area contributed by atoms with Gasteiger partial charge < -0.3 is 5.32 Å². The number of hydroxylamine groups is 1. The van der Waals surface area contributed by atoms with Crippen molar-refractivity contribution in [2.24, 2.45) is 0 Å². The highest BCUT2D eigenvalue weighted by atomic mass is 35.5. The van der Waals surface area contributed by atoms with Crippen molar-refractivity contribution in [3.05, 3.63) is 68.7 Å². The molecule has 1 heterocycles. The summed E-state index contributed by atoms with van der Waals surface area (Å²) in [5, 5.41) is 2.82. The number of carbonyl (C=O) groups excluding carboxylic acids is 1. The number of hydrogen-bond donors (Lipinski definition) is 4. The molecule has 166 valence electrons. The van der Waals surface area contributed by atoms with E-state index in [-0.39, 0.29) is 32.0 Å². The standard InChI is InChI=1S/C19H16Cl3F3N4O2/c1-2-26-17(30)28-27-15-5-10(3-4-14(15)22)16-9-18(31-29-16,19(23,24)25)11-6-12(20)8-13(21)7-11/h3-9,27,29H,2H2,1H3,(H2,26,28,30). The molecule has 0 saturated heterocycles. The number of anilines is 1. The van der Waals surface area contributed by atoms with Gasteiger partial charge in [0.1, 0.15) is 0 Å². The van der Waals surface area contributed by atoms with E-state index in [9.17, 15) is 18.0 Å². The molecule has 0 fully saturated rings. The molecule has 3 rings (SSSR count). The molecule has 2 aromatic rings. The fourth-order valence-corrected chi connectivity index (χ4v) is 3.56. The second kappa shape index (κ2) is 9.04. The highest BCUT2D eigenvalue weighted by Crippen LogP contribution is 2.48. The van der Waals surface area contributed by atoms with E-state index in [2.05, 4.69) is 21.6 Å². The first kappa shape index (κ1) is 23.3. The zero-order valence-corrected chi connectivity index (χ0v) is 18.1. The van der Waals surface area contributed by atoms with Gasteiger partial charge in [-0.2, -0.15) is 13.2 Å². The van der Waals surface area contributed by atoms with Crippen LogP contribution in [0.1, 0.15) is 18.1 Å². The van der Waals surface area contributed by atoms with Gasteiger partial charge in [0.2, 0.25) is 5.60 Å². The average Bonchev–Trinajstić information content (AvgIpc) is 3.14. The van der Waals surface area contributed by atoms with Crippen molar-refractivity contribution < 1.29 is 22.8 Å². The van der Waals surface area contributed by atoms with Crippen molar-refractivity contribution in [1.29, 1.82) is 0 Å². The normalized spacial score (nSPS) is 18.2. The third-order valence-electron chi connectivity index (χ3n) is 4.31. The number of amides is 2. The molecular weight excluding hydrogens is 480 g/mol. The van der Waals surface area contributed by atoms with Gasteiger partial charge in [-0.3, -0.25) is 21.2 Å². The first-order valence-electron chi connectivity index (χ1n) is 8.85. The van der Waals surface area contributed by atoms with Crippen LogP contribution in [-0.4, -0.2) is 18.8 Å². The molecular formula is C19H16Cl3F3N4O2. The van der Waals surface area contributed by atoms with Crippen LogP contribution in [0, 0.1) is 0 Å². The fourth-order valence-electron chi connectivity index (χ4n) is 2.87. The summed E-state index contributed by atoms with van der Waals surface area (Å²) in [6, 6.07) is 7.50. The molecule has 6 nitrogen and oxygen atoms in total. The van der Waals surface area contributed by atoms with Gasteiger partial charge in [-0.05, 0) is 43.3 Å². The van der Waals surface area contributed by atoms with Gasteiger partial charge in [-0.25, -0.2) is 4.79 Å². The molecule has 4 N–H and O–H groups in total. The predicted molar refractivity (Wildman–Crippen MR) is 114 cm³/mol. The maximum atomic E-state index is 14.1. The maximum Gasteiger partial charge on any atom is 0.428 e. The third-order valence-corrected chi connectivity index (χ3v) is 5.07. The second-order valence-corrected chi connectivity index (χ2v) is 7.74. The molecule has 1 unspecified atom stereocenters. The Hall–Kier alpha value is -2.33. The molecule has 0 spiro atoms. The van der Waals surface area contributed by atoms with Crippen LogP contribution in [0.4, 0.5) is 23.7 Å². The second-order valence-electron chi connectivity index (χ2n) is 6.46. The van der Waals surface area contributed by atoms with E-state index in [1.807, 2.05) is 0 Å². The molecule has 0 aliphatic carbocycles. The van der Waals surface area contributed by atoms with Crippen LogP contribution < -0.4 is 21.6 Å². The molecule has 12 heteroatoms. The van der Waals surface area contributed by atoms with E-state index < -0.39 is 17.8 Å². The Balaban J connectivity index is 1.98. The largest absolute Gasteiger partial charge is 0.428 e. The Morgan fingerprint density at radius 3 is 2.42 bits per heavy atom. The Kier molecular flexibility index (Phi) is 6.80. The molecule has 31 heavy (non-hydrogen) atoms. The molecule has 1 aliphatic heterocycles. The lowest BCUT2D eigenvalue weighted by atomic mass is 9.91. The first-order chi connectivity index (χ1) is 14.6. The Bertz CT molecular complexity index is 1010. The third kappa shape index (κ3) is 4.95. The van der Waals surface area contributed by atoms with Gasteiger partial charge in [0.25, 0.3) is 0 Å². The van der Waals surface area contributed by atoms with Crippen LogP contribution in [0.3, 0.4) is 0 Å². The molecule has 2 amide bonds. The summed E-state index contributed by atoms with van der Waals surface area (Å²) < 4.78 is 42.3. The molecule has 0 radical (unpaired) electrons. The van der Waals surface area contributed by atoms with Crippen molar-refractivity contribution in [2.45, 2.75) is 18.7 Å². The van der Waals surface area contributed by atoms with E-state index in [4.69, 9.17) is 39.6 Å². The topological polar surface area (TPSA) is 74.4 Å². The number of benzene rings is 2. The van der Waals surface area contributed by atoms with Gasteiger partial charge >= 0.3 is 12.2 Å². The highest BCUT2D eigenvalue weighted by Gasteiger charge is 2.59. The number of nitrogens with one attached hydrogen (secondary N) is 4. The van der Waals surface area contributed by atoms with E-state index in [0.717, 1.165) is 18.2 Å². The number of alkyl halides is 3. The summed E-state index contributed by atoms with van der Waals surface area (Å²) in [5.41, 5.74) is 4.83. The molecule has 0 saturated carbocycles. The van der Waals surface area contributed by atoms with Crippen molar-refractivity contribution in [3.8, 4) is 0 Å². The van der Waals surface area contributed by atoms with Gasteiger partial charge in [-0.1, -0.05) is 40.9 Å². The quantitative estimate of drug-likeness (QED) is 0.406. The van der Waals surface area contributed by atoms with E-state index in [1.54, 1.807) is 6.92 Å². The lowest BCUT2D eigenvalue weighted by Gasteiger charge is -2.28. The number of halogens is 6. The number of urea groups is 1. The average molecular weight is 496 g/mol. The summed E-state index contributed by atoms with van der Waals surface area (Å²) in [7, 11) is 0. The maximum absolute atomic E-state index is 14.1. The van der Waals surface area contributed by atoms with E-state index in [0.29, 0.717) is 12.1 Å². The monoisotopic (exact) mass is 494 g/mol. The van der Waals surface area contributed by atoms with Gasteiger partial charge in [0, 0.05) is 27.7 Å². The highest BCUT2D eigenvalue weighted by molar-refractivity contribution is 6.34. The van der Waals surface area contributed by atoms with Crippen LogP contribution >= 0.6 is 34.8 Å². The lowest BCUT2D eigenvalue weighted by molar-refractivity contribution is -0.269. The molecule has 0 aromatic heterocycles. The summed E-state index contributed by atoms with van der Waals surface area (Å²) in [6.45, 7) is 2.15. The summed E-state index contributed by atoms with van der Waals surface area (Å²) in [6.07, 6.45) is -3.94. The van der Waals surface area contributed by atoms with E-state index in [1.165, 1.54) is 24.3 Å². The lowest BCUT2D eigenvalue weighted by Crippen LogP contribution is -2.42. The Labute approximate surface area is 190 Å². The first-order valence-corrected chi connectivity index (χ1v) is 9.99. The van der Waals surface area contributed by atoms with Crippen LogP contribution in [0.15, 0.2) is 42.5 Å². The predicted octanol–water partition coefficient (Wildman–Crippen LogP) is 5.63. The van der Waals surface area contributed by atoms with Gasteiger partial charge in [-0.15, -0.1) is 0 Å². The van der Waals surface area contributed by atoms with Crippen LogP contribution in [-0.2, 0) is 10.4 Å². The number of carbonyl (C=O) groups is 1. The smallest absolute Gasteiger partial charge is 0.337 e. The Morgan fingerprint density at radius 2 is 1.81 bits per heavy atom. The minimum atomic E-state index is -4.83. The fraction of sp³-hybridized carbons (Fsp3) is 0.211. The van der Waals surface area contributed by atoms with Crippen LogP contribution in [0.2, 0.25) is 15.1 Å². The molecule has 0 bridgehead atoms. The zero-order valence-electron chi connectivity index (χ0n) is 15.8. The summed E-state index contributed by atoms with van der Waals surface area (Å²) in [4.78, 5) is 16.6. The van der Waals surface area contributed by atoms with Crippen LogP contribution in [0.25, 0.3) is 5.70 Å².